The van der Waals surface area contributed by atoms with E-state index in [2.05, 4.69) is 11.4 Å². The summed E-state index contributed by atoms with van der Waals surface area (Å²) in [5.74, 6) is -6.52. The first-order valence-corrected chi connectivity index (χ1v) is 8.16. The van der Waals surface area contributed by atoms with Gasteiger partial charge in [0.25, 0.3) is 0 Å². The van der Waals surface area contributed by atoms with Crippen molar-refractivity contribution in [3.63, 3.8) is 0 Å². The van der Waals surface area contributed by atoms with Crippen LogP contribution in [0, 0.1) is 41.1 Å². The quantitative estimate of drug-likeness (QED) is 0.280. The van der Waals surface area contributed by atoms with Crippen molar-refractivity contribution in [1.82, 2.24) is 9.90 Å². The van der Waals surface area contributed by atoms with Crippen LogP contribution < -0.4 is 4.68 Å². The third-order valence-corrected chi connectivity index (χ3v) is 4.10. The molecule has 29 heavy (non-hydrogen) atoms. The molecule has 146 valence electrons. The topological polar surface area (TPSA) is 21.7 Å². The van der Waals surface area contributed by atoms with Gasteiger partial charge in [0, 0.05) is 5.56 Å². The van der Waals surface area contributed by atoms with Crippen LogP contribution in [0.2, 0.25) is 0 Å². The van der Waals surface area contributed by atoms with Crippen LogP contribution in [-0.4, -0.2) is 9.90 Å². The fourth-order valence-corrected chi connectivity index (χ4v) is 2.83. The summed E-state index contributed by atoms with van der Waals surface area (Å²) in [6, 6.07) is 8.73. The zero-order valence-corrected chi connectivity index (χ0v) is 14.3. The van der Waals surface area contributed by atoms with Gasteiger partial charge in [0.1, 0.15) is 23.0 Å². The molecule has 4 aromatic rings. The molecule has 0 aliphatic heterocycles. The molecule has 0 amide bonds. The third-order valence-electron chi connectivity index (χ3n) is 4.10. The van der Waals surface area contributed by atoms with Gasteiger partial charge in [-0.05, 0) is 36.4 Å². The van der Waals surface area contributed by atoms with Crippen molar-refractivity contribution in [3.05, 3.63) is 95.7 Å². The van der Waals surface area contributed by atoms with Crippen molar-refractivity contribution in [2.45, 2.75) is 0 Å². The zero-order valence-electron chi connectivity index (χ0n) is 14.3. The monoisotopic (exact) mass is 405 g/mol. The average Bonchev–Trinajstić information content (AvgIpc) is 3.05. The summed E-state index contributed by atoms with van der Waals surface area (Å²) in [7, 11) is 0. The van der Waals surface area contributed by atoms with Gasteiger partial charge in [0.2, 0.25) is 5.69 Å². The molecule has 3 nitrogen and oxygen atoms in total. The molecule has 4 rings (SSSR count). The molecule has 0 aliphatic carbocycles. The maximum atomic E-state index is 14.4. The number of hydrogen-bond donors (Lipinski definition) is 0. The third kappa shape index (κ3) is 3.14. The normalized spacial score (nSPS) is 11.1. The average molecular weight is 405 g/mol. The first-order valence-electron chi connectivity index (χ1n) is 8.16. The fraction of sp³-hybridized carbons (Fsp3) is 0. The predicted molar refractivity (Wildman–Crippen MR) is 89.1 cm³/mol. The lowest BCUT2D eigenvalue weighted by Crippen LogP contribution is -2.36. The molecule has 0 fully saturated rings. The van der Waals surface area contributed by atoms with E-state index in [4.69, 9.17) is 0 Å². The van der Waals surface area contributed by atoms with Crippen LogP contribution in [0.15, 0.2) is 54.6 Å². The Kier molecular flexibility index (Phi) is 4.57. The lowest BCUT2D eigenvalue weighted by molar-refractivity contribution is -0.668. The Labute approximate surface area is 160 Å². The lowest BCUT2D eigenvalue weighted by atomic mass is 10.1. The van der Waals surface area contributed by atoms with Crippen molar-refractivity contribution in [1.29, 1.82) is 0 Å². The smallest absolute Gasteiger partial charge is 0.221 e. The van der Waals surface area contributed by atoms with Crippen LogP contribution in [0.4, 0.5) is 26.3 Å². The summed E-state index contributed by atoms with van der Waals surface area (Å²) in [6.45, 7) is 0. The largest absolute Gasteiger partial charge is 0.224 e. The maximum absolute atomic E-state index is 14.4. The predicted octanol–water partition coefficient (Wildman–Crippen LogP) is 4.45. The maximum Gasteiger partial charge on any atom is 0.224 e. The first kappa shape index (κ1) is 18.7. The molecule has 3 aromatic carbocycles. The van der Waals surface area contributed by atoms with Crippen LogP contribution in [-0.2, 0) is 0 Å². The Balaban J connectivity index is 2.08. The SMILES string of the molecule is Fc1cccc(F)c1-c1[c-][n+](-c2c(F)cccc2F)nn1-c1c(F)cccc1F. The molecule has 0 spiro atoms. The van der Waals surface area contributed by atoms with E-state index in [1.165, 1.54) is 0 Å². The Bertz CT molecular complexity index is 1110. The number of rotatable bonds is 3. The van der Waals surface area contributed by atoms with Crippen LogP contribution in [0.3, 0.4) is 0 Å². The Morgan fingerprint density at radius 1 is 0.655 bits per heavy atom. The molecule has 1 aromatic heterocycles. The summed E-state index contributed by atoms with van der Waals surface area (Å²) in [5, 5.41) is 3.74. The Morgan fingerprint density at radius 2 is 1.10 bits per heavy atom. The number of para-hydroxylation sites is 2. The molecule has 0 saturated heterocycles. The van der Waals surface area contributed by atoms with Gasteiger partial charge in [-0.15, -0.1) is 4.68 Å². The van der Waals surface area contributed by atoms with Crippen molar-refractivity contribution in [2.75, 3.05) is 0 Å². The highest BCUT2D eigenvalue weighted by Crippen LogP contribution is 2.29. The highest BCUT2D eigenvalue weighted by atomic mass is 19.2. The van der Waals surface area contributed by atoms with Gasteiger partial charge in [-0.1, -0.05) is 18.2 Å². The molecule has 0 N–H and O–H groups in total. The molecular weight excluding hydrogens is 396 g/mol. The molecule has 0 aliphatic rings. The minimum atomic E-state index is -1.11. The summed E-state index contributed by atoms with van der Waals surface area (Å²) < 4.78 is 86.7. The summed E-state index contributed by atoms with van der Waals surface area (Å²) in [6.07, 6.45) is 2.31. The van der Waals surface area contributed by atoms with E-state index in [1.807, 2.05) is 0 Å². The van der Waals surface area contributed by atoms with Gasteiger partial charge >= 0.3 is 0 Å². The van der Waals surface area contributed by atoms with Gasteiger partial charge in [-0.2, -0.15) is 0 Å². The molecule has 0 radical (unpaired) electrons. The standard InChI is InChI=1S/C20H9F6N3/c21-11-4-1-5-12(22)18(11)17-10-28(19-13(23)6-2-7-14(19)24)27-29(17)20-15(25)8-3-9-16(20)26/h1-9H. The van der Waals surface area contributed by atoms with Crippen LogP contribution in [0.1, 0.15) is 0 Å². The van der Waals surface area contributed by atoms with Crippen LogP contribution in [0.5, 0.6) is 0 Å². The highest BCUT2D eigenvalue weighted by Gasteiger charge is 2.26. The summed E-state index contributed by atoms with van der Waals surface area (Å²) >= 11 is 0. The number of aromatic nitrogens is 3. The minimum absolute atomic E-state index is 0.498. The van der Waals surface area contributed by atoms with Gasteiger partial charge in [0.05, 0.1) is 23.0 Å². The molecule has 0 bridgehead atoms. The van der Waals surface area contributed by atoms with Gasteiger partial charge in [-0.3, -0.25) is 0 Å². The second kappa shape index (κ2) is 7.08. The van der Waals surface area contributed by atoms with Crippen LogP contribution in [0.25, 0.3) is 22.6 Å². The van der Waals surface area contributed by atoms with E-state index in [9.17, 15) is 26.3 Å². The van der Waals surface area contributed by atoms with E-state index in [-0.39, 0.29) is 0 Å². The molecular formula is C20H9F6N3. The molecule has 0 atom stereocenters. The van der Waals surface area contributed by atoms with Crippen molar-refractivity contribution in [2.24, 2.45) is 0 Å². The molecule has 0 saturated carbocycles. The highest BCUT2D eigenvalue weighted by molar-refractivity contribution is 5.61. The summed E-state index contributed by atoms with van der Waals surface area (Å²) in [5.41, 5.74) is -2.83. The minimum Gasteiger partial charge on any atom is -0.221 e. The molecule has 1 heterocycles. The van der Waals surface area contributed by atoms with Gasteiger partial charge < -0.3 is 0 Å². The fourth-order valence-electron chi connectivity index (χ4n) is 2.83. The van der Waals surface area contributed by atoms with E-state index in [0.717, 1.165) is 54.6 Å². The molecule has 9 heteroatoms. The van der Waals surface area contributed by atoms with Crippen molar-refractivity contribution >= 4 is 0 Å². The lowest BCUT2D eigenvalue weighted by Gasteiger charge is -2.08. The van der Waals surface area contributed by atoms with Gasteiger partial charge in [-0.25, -0.2) is 31.0 Å². The summed E-state index contributed by atoms with van der Waals surface area (Å²) in [4.78, 5) is 0. The Hall–Kier alpha value is -3.62. The van der Waals surface area contributed by atoms with E-state index in [1.54, 1.807) is 0 Å². The molecule has 0 unspecified atom stereocenters. The number of halogens is 6. The van der Waals surface area contributed by atoms with Crippen molar-refractivity contribution in [3.8, 4) is 22.6 Å². The van der Waals surface area contributed by atoms with E-state index < -0.39 is 57.5 Å². The zero-order chi connectivity index (χ0) is 20.7. The first-order chi connectivity index (χ1) is 13.9. The second-order valence-electron chi connectivity index (χ2n) is 5.91. The number of benzene rings is 3. The van der Waals surface area contributed by atoms with Crippen LogP contribution >= 0.6 is 0 Å². The van der Waals surface area contributed by atoms with Crippen molar-refractivity contribution < 1.29 is 31.0 Å². The Morgan fingerprint density at radius 3 is 1.62 bits per heavy atom. The van der Waals surface area contributed by atoms with E-state index >= 15 is 0 Å². The number of hydrogen-bond acceptors (Lipinski definition) is 1. The van der Waals surface area contributed by atoms with E-state index in [0.29, 0.717) is 9.36 Å². The van der Waals surface area contributed by atoms with Gasteiger partial charge in [0.15, 0.2) is 11.6 Å². The second-order valence-corrected chi connectivity index (χ2v) is 5.91. The number of nitrogens with zero attached hydrogens (tertiary/aromatic N) is 3.